The number of aryl methyl sites for hydroxylation is 1. The van der Waals surface area contributed by atoms with Gasteiger partial charge in [0.15, 0.2) is 0 Å². The SMILES string of the molecule is Clc1ccc2ncnc(N3CCCc4ccccc43)c2c1. The van der Waals surface area contributed by atoms with Crippen molar-refractivity contribution in [2.75, 3.05) is 11.4 Å². The first kappa shape index (κ1) is 12.6. The average Bonchev–Trinajstić information content (AvgIpc) is 2.54. The van der Waals surface area contributed by atoms with Gasteiger partial charge in [-0.15, -0.1) is 0 Å². The molecule has 3 nitrogen and oxygen atoms in total. The predicted octanol–water partition coefficient (Wildman–Crippen LogP) is 4.37. The first-order valence-corrected chi connectivity index (χ1v) is 7.46. The van der Waals surface area contributed by atoms with E-state index < -0.39 is 0 Å². The predicted molar refractivity (Wildman–Crippen MR) is 86.3 cm³/mol. The number of rotatable bonds is 1. The number of aromatic nitrogens is 2. The topological polar surface area (TPSA) is 29.0 Å². The highest BCUT2D eigenvalue weighted by Crippen LogP contribution is 2.35. The van der Waals surface area contributed by atoms with E-state index in [9.17, 15) is 0 Å². The minimum atomic E-state index is 0.712. The molecule has 0 radical (unpaired) electrons. The monoisotopic (exact) mass is 295 g/mol. The Kier molecular flexibility index (Phi) is 3.00. The Hall–Kier alpha value is -2.13. The highest BCUT2D eigenvalue weighted by molar-refractivity contribution is 6.31. The van der Waals surface area contributed by atoms with Gasteiger partial charge in [-0.25, -0.2) is 9.97 Å². The van der Waals surface area contributed by atoms with Crippen molar-refractivity contribution >= 4 is 34.0 Å². The molecule has 0 amide bonds. The van der Waals surface area contributed by atoms with Crippen molar-refractivity contribution < 1.29 is 0 Å². The maximum atomic E-state index is 6.16. The summed E-state index contributed by atoms with van der Waals surface area (Å²) in [6.45, 7) is 0.968. The molecule has 2 heterocycles. The Bertz CT molecular complexity index is 816. The van der Waals surface area contributed by atoms with Gasteiger partial charge in [0.2, 0.25) is 0 Å². The molecule has 1 aliphatic heterocycles. The second-order valence-corrected chi connectivity index (χ2v) is 5.68. The number of nitrogens with zero attached hydrogens (tertiary/aromatic N) is 3. The molecular formula is C17H14ClN3. The molecule has 3 aromatic rings. The van der Waals surface area contributed by atoms with Crippen molar-refractivity contribution in [3.8, 4) is 0 Å². The number of fused-ring (bicyclic) bond motifs is 2. The van der Waals surface area contributed by atoms with Gasteiger partial charge in [0.25, 0.3) is 0 Å². The van der Waals surface area contributed by atoms with E-state index in [1.54, 1.807) is 6.33 Å². The van der Waals surface area contributed by atoms with E-state index in [0.29, 0.717) is 5.02 Å². The smallest absolute Gasteiger partial charge is 0.144 e. The third kappa shape index (κ3) is 2.14. The molecule has 0 unspecified atom stereocenters. The van der Waals surface area contributed by atoms with Gasteiger partial charge >= 0.3 is 0 Å². The molecular weight excluding hydrogens is 282 g/mol. The lowest BCUT2D eigenvalue weighted by Gasteiger charge is -2.31. The van der Waals surface area contributed by atoms with Crippen LogP contribution in [0.4, 0.5) is 11.5 Å². The van der Waals surface area contributed by atoms with Gasteiger partial charge in [0.05, 0.1) is 5.52 Å². The number of hydrogen-bond acceptors (Lipinski definition) is 3. The van der Waals surface area contributed by atoms with Gasteiger partial charge in [-0.05, 0) is 42.7 Å². The third-order valence-electron chi connectivity index (χ3n) is 3.94. The third-order valence-corrected chi connectivity index (χ3v) is 4.18. The summed E-state index contributed by atoms with van der Waals surface area (Å²) in [5, 5.41) is 1.71. The zero-order chi connectivity index (χ0) is 14.2. The van der Waals surface area contributed by atoms with E-state index in [2.05, 4.69) is 39.1 Å². The minimum absolute atomic E-state index is 0.712. The fourth-order valence-electron chi connectivity index (χ4n) is 2.98. The lowest BCUT2D eigenvalue weighted by Crippen LogP contribution is -2.25. The number of benzene rings is 2. The van der Waals surface area contributed by atoms with Crippen molar-refractivity contribution in [2.45, 2.75) is 12.8 Å². The molecule has 0 bridgehead atoms. The molecule has 1 aromatic heterocycles. The van der Waals surface area contributed by atoms with Crippen LogP contribution in [0.25, 0.3) is 10.9 Å². The average molecular weight is 296 g/mol. The van der Waals surface area contributed by atoms with Crippen molar-refractivity contribution in [3.63, 3.8) is 0 Å². The molecule has 0 fully saturated rings. The molecule has 0 aliphatic carbocycles. The van der Waals surface area contributed by atoms with Crippen LogP contribution in [-0.4, -0.2) is 16.5 Å². The van der Waals surface area contributed by atoms with E-state index in [0.717, 1.165) is 36.1 Å². The molecule has 2 aromatic carbocycles. The molecule has 21 heavy (non-hydrogen) atoms. The summed E-state index contributed by atoms with van der Waals surface area (Å²) in [4.78, 5) is 11.1. The second-order valence-electron chi connectivity index (χ2n) is 5.24. The molecule has 0 saturated heterocycles. The van der Waals surface area contributed by atoms with Crippen LogP contribution in [0.3, 0.4) is 0 Å². The molecule has 0 atom stereocenters. The van der Waals surface area contributed by atoms with Gasteiger partial charge in [-0.3, -0.25) is 0 Å². The maximum Gasteiger partial charge on any atom is 0.144 e. The fourth-order valence-corrected chi connectivity index (χ4v) is 3.16. The summed E-state index contributed by atoms with van der Waals surface area (Å²) in [5.74, 6) is 0.939. The van der Waals surface area contributed by atoms with E-state index in [1.165, 1.54) is 11.3 Å². The lowest BCUT2D eigenvalue weighted by atomic mass is 10.0. The number of hydrogen-bond donors (Lipinski definition) is 0. The Balaban J connectivity index is 1.94. The van der Waals surface area contributed by atoms with E-state index in [4.69, 9.17) is 11.6 Å². The fraction of sp³-hybridized carbons (Fsp3) is 0.176. The van der Waals surface area contributed by atoms with Crippen molar-refractivity contribution in [2.24, 2.45) is 0 Å². The van der Waals surface area contributed by atoms with Crippen LogP contribution in [0, 0.1) is 0 Å². The van der Waals surface area contributed by atoms with Crippen molar-refractivity contribution in [3.05, 3.63) is 59.4 Å². The molecule has 0 spiro atoms. The largest absolute Gasteiger partial charge is 0.326 e. The van der Waals surface area contributed by atoms with Crippen LogP contribution >= 0.6 is 11.6 Å². The second kappa shape index (κ2) is 5.01. The molecule has 4 heteroatoms. The Labute approximate surface area is 128 Å². The molecule has 104 valence electrons. The van der Waals surface area contributed by atoms with Gasteiger partial charge in [0, 0.05) is 22.6 Å². The number of para-hydroxylation sites is 1. The highest BCUT2D eigenvalue weighted by atomic mass is 35.5. The summed E-state index contributed by atoms with van der Waals surface area (Å²) in [6, 6.07) is 14.3. The van der Waals surface area contributed by atoms with Crippen LogP contribution in [0.5, 0.6) is 0 Å². The maximum absolute atomic E-state index is 6.16. The number of halogens is 1. The molecule has 0 saturated carbocycles. The first-order chi connectivity index (χ1) is 10.3. The van der Waals surface area contributed by atoms with Crippen LogP contribution in [0.2, 0.25) is 5.02 Å². The standard InChI is InChI=1S/C17H14ClN3/c18-13-7-8-15-14(10-13)17(20-11-19-15)21-9-3-5-12-4-1-2-6-16(12)21/h1-2,4,6-8,10-11H,3,5,9H2. The molecule has 4 rings (SSSR count). The summed E-state index contributed by atoms with van der Waals surface area (Å²) in [6.07, 6.45) is 3.88. The zero-order valence-corrected chi connectivity index (χ0v) is 12.2. The lowest BCUT2D eigenvalue weighted by molar-refractivity contribution is 0.761. The van der Waals surface area contributed by atoms with Gasteiger partial charge in [-0.2, -0.15) is 0 Å². The quantitative estimate of drug-likeness (QED) is 0.667. The summed E-state index contributed by atoms with van der Waals surface area (Å²) in [5.41, 5.74) is 3.54. The highest BCUT2D eigenvalue weighted by Gasteiger charge is 2.20. The Morgan fingerprint density at radius 2 is 1.95 bits per heavy atom. The Morgan fingerprint density at radius 3 is 2.90 bits per heavy atom. The Morgan fingerprint density at radius 1 is 1.05 bits per heavy atom. The van der Waals surface area contributed by atoms with Gasteiger partial charge in [-0.1, -0.05) is 29.8 Å². The van der Waals surface area contributed by atoms with E-state index >= 15 is 0 Å². The minimum Gasteiger partial charge on any atom is -0.326 e. The van der Waals surface area contributed by atoms with Crippen LogP contribution in [0.15, 0.2) is 48.8 Å². The van der Waals surface area contributed by atoms with E-state index in [1.807, 2.05) is 18.2 Å². The number of anilines is 2. The van der Waals surface area contributed by atoms with Crippen LogP contribution in [-0.2, 0) is 6.42 Å². The van der Waals surface area contributed by atoms with Gasteiger partial charge < -0.3 is 4.90 Å². The van der Waals surface area contributed by atoms with Crippen LogP contribution < -0.4 is 4.90 Å². The summed E-state index contributed by atoms with van der Waals surface area (Å²) >= 11 is 6.16. The van der Waals surface area contributed by atoms with Crippen molar-refractivity contribution in [1.29, 1.82) is 0 Å². The molecule has 1 aliphatic rings. The summed E-state index contributed by atoms with van der Waals surface area (Å²) in [7, 11) is 0. The van der Waals surface area contributed by atoms with Gasteiger partial charge in [0.1, 0.15) is 12.1 Å². The van der Waals surface area contributed by atoms with Crippen molar-refractivity contribution in [1.82, 2.24) is 9.97 Å². The zero-order valence-electron chi connectivity index (χ0n) is 11.5. The summed E-state index contributed by atoms with van der Waals surface area (Å²) < 4.78 is 0. The molecule has 0 N–H and O–H groups in total. The van der Waals surface area contributed by atoms with E-state index in [-0.39, 0.29) is 0 Å². The first-order valence-electron chi connectivity index (χ1n) is 7.08. The van der Waals surface area contributed by atoms with Crippen LogP contribution in [0.1, 0.15) is 12.0 Å². The normalized spacial score (nSPS) is 14.2.